The third kappa shape index (κ3) is 1.46. The second-order valence-corrected chi connectivity index (χ2v) is 3.99. The Morgan fingerprint density at radius 2 is 1.79 bits per heavy atom. The van der Waals surface area contributed by atoms with Crippen LogP contribution in [0.4, 0.5) is 5.69 Å². The maximum Gasteiger partial charge on any atom is 0.0396 e. The maximum atomic E-state index is 5.99. The van der Waals surface area contributed by atoms with Crippen molar-refractivity contribution in [3.8, 4) is 0 Å². The lowest BCUT2D eigenvalue weighted by Gasteiger charge is -2.09. The van der Waals surface area contributed by atoms with Gasteiger partial charge in [0.2, 0.25) is 0 Å². The highest BCUT2D eigenvalue weighted by molar-refractivity contribution is 5.93. The topological polar surface area (TPSA) is 26.0 Å². The number of nitrogens with two attached hydrogens (primary N) is 1. The zero-order valence-electron chi connectivity index (χ0n) is 8.62. The summed E-state index contributed by atoms with van der Waals surface area (Å²) in [6, 6.07) is 12.5. The molecule has 0 atom stereocenters. The average molecular weight is 185 g/mol. The largest absolute Gasteiger partial charge is 0.398 e. The minimum absolute atomic E-state index is 0.530. The summed E-state index contributed by atoms with van der Waals surface area (Å²) in [6.07, 6.45) is 0. The fourth-order valence-corrected chi connectivity index (χ4v) is 1.70. The summed E-state index contributed by atoms with van der Waals surface area (Å²) < 4.78 is 0. The van der Waals surface area contributed by atoms with Crippen molar-refractivity contribution in [3.05, 3.63) is 42.0 Å². The lowest BCUT2D eigenvalue weighted by atomic mass is 9.98. The van der Waals surface area contributed by atoms with Crippen molar-refractivity contribution in [2.75, 3.05) is 5.73 Å². The van der Waals surface area contributed by atoms with Crippen LogP contribution in [0.5, 0.6) is 0 Å². The van der Waals surface area contributed by atoms with Gasteiger partial charge in [0.1, 0.15) is 0 Å². The molecule has 72 valence electrons. The summed E-state index contributed by atoms with van der Waals surface area (Å²) in [6.45, 7) is 4.37. The van der Waals surface area contributed by atoms with Crippen molar-refractivity contribution in [2.24, 2.45) is 0 Å². The van der Waals surface area contributed by atoms with Crippen LogP contribution in [-0.2, 0) is 0 Å². The Bertz CT molecular complexity index is 458. The van der Waals surface area contributed by atoms with E-state index in [0.717, 1.165) is 11.1 Å². The molecule has 0 radical (unpaired) electrons. The second-order valence-electron chi connectivity index (χ2n) is 3.99. The van der Waals surface area contributed by atoms with Crippen molar-refractivity contribution < 1.29 is 0 Å². The Balaban J connectivity index is 2.72. The predicted molar refractivity (Wildman–Crippen MR) is 62.4 cm³/mol. The van der Waals surface area contributed by atoms with Crippen LogP contribution in [0.15, 0.2) is 36.4 Å². The number of nitrogen functional groups attached to an aromatic ring is 1. The molecule has 2 rings (SSSR count). The SMILES string of the molecule is CC(C)c1cc(N)c2ccccc2c1. The molecule has 0 aromatic heterocycles. The normalized spacial score (nSPS) is 11.1. The van der Waals surface area contributed by atoms with Gasteiger partial charge in [-0.05, 0) is 22.9 Å². The van der Waals surface area contributed by atoms with Gasteiger partial charge in [0.05, 0.1) is 0 Å². The van der Waals surface area contributed by atoms with Gasteiger partial charge in [0.25, 0.3) is 0 Å². The Morgan fingerprint density at radius 3 is 2.50 bits per heavy atom. The first kappa shape index (κ1) is 9.07. The van der Waals surface area contributed by atoms with Gasteiger partial charge in [0.15, 0.2) is 0 Å². The van der Waals surface area contributed by atoms with Crippen LogP contribution < -0.4 is 5.73 Å². The maximum absolute atomic E-state index is 5.99. The van der Waals surface area contributed by atoms with E-state index in [0.29, 0.717) is 5.92 Å². The standard InChI is InChI=1S/C13H15N/c1-9(2)11-7-10-5-3-4-6-12(10)13(14)8-11/h3-9H,14H2,1-2H3. The number of hydrogen-bond acceptors (Lipinski definition) is 1. The number of anilines is 1. The molecule has 2 aromatic rings. The summed E-state index contributed by atoms with van der Waals surface area (Å²) in [5.41, 5.74) is 8.18. The summed E-state index contributed by atoms with van der Waals surface area (Å²) in [7, 11) is 0. The molecule has 14 heavy (non-hydrogen) atoms. The second kappa shape index (κ2) is 3.33. The van der Waals surface area contributed by atoms with Crippen LogP contribution in [0.2, 0.25) is 0 Å². The molecule has 1 heteroatoms. The molecule has 0 aliphatic rings. The van der Waals surface area contributed by atoms with Crippen LogP contribution in [0, 0.1) is 0 Å². The van der Waals surface area contributed by atoms with E-state index in [1.54, 1.807) is 0 Å². The quantitative estimate of drug-likeness (QED) is 0.675. The molecule has 0 heterocycles. The molecule has 0 fully saturated rings. The van der Waals surface area contributed by atoms with Crippen LogP contribution in [0.25, 0.3) is 10.8 Å². The van der Waals surface area contributed by atoms with E-state index in [1.165, 1.54) is 10.9 Å². The molecule has 0 unspecified atom stereocenters. The number of rotatable bonds is 1. The first-order valence-corrected chi connectivity index (χ1v) is 4.96. The van der Waals surface area contributed by atoms with Crippen molar-refractivity contribution >= 4 is 16.5 Å². The smallest absolute Gasteiger partial charge is 0.0396 e. The van der Waals surface area contributed by atoms with Gasteiger partial charge < -0.3 is 5.73 Å². The van der Waals surface area contributed by atoms with E-state index in [1.807, 2.05) is 12.1 Å². The average Bonchev–Trinajstić information content (AvgIpc) is 2.17. The molecular formula is C13H15N. The summed E-state index contributed by atoms with van der Waals surface area (Å²) >= 11 is 0. The van der Waals surface area contributed by atoms with Gasteiger partial charge in [-0.15, -0.1) is 0 Å². The molecule has 0 aliphatic heterocycles. The molecule has 0 saturated carbocycles. The van der Waals surface area contributed by atoms with E-state index in [2.05, 4.69) is 38.1 Å². The molecule has 0 amide bonds. The molecule has 0 spiro atoms. The van der Waals surface area contributed by atoms with Gasteiger partial charge in [-0.1, -0.05) is 44.2 Å². The molecule has 1 nitrogen and oxygen atoms in total. The van der Waals surface area contributed by atoms with Crippen molar-refractivity contribution in [2.45, 2.75) is 19.8 Å². The fraction of sp³-hybridized carbons (Fsp3) is 0.231. The Morgan fingerprint density at radius 1 is 1.07 bits per heavy atom. The van der Waals surface area contributed by atoms with E-state index >= 15 is 0 Å². The first-order chi connectivity index (χ1) is 6.68. The van der Waals surface area contributed by atoms with Gasteiger partial charge in [-0.3, -0.25) is 0 Å². The van der Waals surface area contributed by atoms with Gasteiger partial charge >= 0.3 is 0 Å². The highest BCUT2D eigenvalue weighted by Crippen LogP contribution is 2.26. The van der Waals surface area contributed by atoms with Crippen LogP contribution in [-0.4, -0.2) is 0 Å². The molecule has 0 bridgehead atoms. The van der Waals surface area contributed by atoms with E-state index in [9.17, 15) is 0 Å². The van der Waals surface area contributed by atoms with E-state index < -0.39 is 0 Å². The number of hydrogen-bond donors (Lipinski definition) is 1. The van der Waals surface area contributed by atoms with Crippen LogP contribution in [0.1, 0.15) is 25.3 Å². The third-order valence-corrected chi connectivity index (χ3v) is 2.58. The summed E-state index contributed by atoms with van der Waals surface area (Å²) in [4.78, 5) is 0. The zero-order chi connectivity index (χ0) is 10.1. The number of benzene rings is 2. The van der Waals surface area contributed by atoms with Crippen molar-refractivity contribution in [1.29, 1.82) is 0 Å². The Hall–Kier alpha value is -1.50. The van der Waals surface area contributed by atoms with E-state index in [4.69, 9.17) is 5.73 Å². The monoisotopic (exact) mass is 185 g/mol. The molecule has 2 N–H and O–H groups in total. The van der Waals surface area contributed by atoms with Crippen molar-refractivity contribution in [3.63, 3.8) is 0 Å². The highest BCUT2D eigenvalue weighted by atomic mass is 14.5. The van der Waals surface area contributed by atoms with Crippen molar-refractivity contribution in [1.82, 2.24) is 0 Å². The molecular weight excluding hydrogens is 170 g/mol. The van der Waals surface area contributed by atoms with Gasteiger partial charge in [-0.2, -0.15) is 0 Å². The highest BCUT2D eigenvalue weighted by Gasteiger charge is 2.03. The lowest BCUT2D eigenvalue weighted by molar-refractivity contribution is 0.869. The Labute approximate surface area is 84.5 Å². The summed E-state index contributed by atoms with van der Waals surface area (Å²) in [5, 5.41) is 2.38. The van der Waals surface area contributed by atoms with Gasteiger partial charge in [-0.25, -0.2) is 0 Å². The molecule has 0 saturated heterocycles. The third-order valence-electron chi connectivity index (χ3n) is 2.58. The molecule has 0 aliphatic carbocycles. The first-order valence-electron chi connectivity index (χ1n) is 4.96. The lowest BCUT2D eigenvalue weighted by Crippen LogP contribution is -1.92. The number of fused-ring (bicyclic) bond motifs is 1. The predicted octanol–water partition coefficient (Wildman–Crippen LogP) is 3.55. The minimum Gasteiger partial charge on any atom is -0.398 e. The Kier molecular flexibility index (Phi) is 2.16. The fourth-order valence-electron chi connectivity index (χ4n) is 1.70. The van der Waals surface area contributed by atoms with Gasteiger partial charge in [0, 0.05) is 11.1 Å². The molecule has 2 aromatic carbocycles. The summed E-state index contributed by atoms with van der Waals surface area (Å²) in [5.74, 6) is 0.530. The van der Waals surface area contributed by atoms with Crippen LogP contribution >= 0.6 is 0 Å². The minimum atomic E-state index is 0.530. The van der Waals surface area contributed by atoms with E-state index in [-0.39, 0.29) is 0 Å². The van der Waals surface area contributed by atoms with Crippen LogP contribution in [0.3, 0.4) is 0 Å². The zero-order valence-corrected chi connectivity index (χ0v) is 8.62.